The topological polar surface area (TPSA) is 43.4 Å². The van der Waals surface area contributed by atoms with E-state index in [0.717, 1.165) is 12.2 Å². The van der Waals surface area contributed by atoms with E-state index >= 15 is 0 Å². The number of hydrogen-bond donors (Lipinski definition) is 0. The van der Waals surface area contributed by atoms with Crippen LogP contribution in [0.5, 0.6) is 0 Å². The van der Waals surface area contributed by atoms with Crippen LogP contribution in [0.1, 0.15) is 0 Å². The molecular formula is C8H4F2O3. The first-order valence-corrected chi connectivity index (χ1v) is 3.55. The minimum atomic E-state index is -2.51. The van der Waals surface area contributed by atoms with E-state index in [9.17, 15) is 18.4 Å². The van der Waals surface area contributed by atoms with Gasteiger partial charge in [0.1, 0.15) is 11.7 Å². The molecule has 2 unspecified atom stereocenters. The molecule has 1 saturated heterocycles. The van der Waals surface area contributed by atoms with Crippen molar-refractivity contribution in [3.05, 3.63) is 24.1 Å². The predicted octanol–water partition coefficient (Wildman–Crippen LogP) is 0.817. The van der Waals surface area contributed by atoms with Crippen molar-refractivity contribution in [1.82, 2.24) is 0 Å². The van der Waals surface area contributed by atoms with Crippen LogP contribution in [0.4, 0.5) is 8.78 Å². The zero-order valence-electron chi connectivity index (χ0n) is 6.29. The minimum absolute atomic E-state index is 0.709. The van der Waals surface area contributed by atoms with Gasteiger partial charge in [0.15, 0.2) is 0 Å². The van der Waals surface area contributed by atoms with Crippen molar-refractivity contribution < 1.29 is 23.1 Å². The summed E-state index contributed by atoms with van der Waals surface area (Å²) in [6, 6.07) is 0. The lowest BCUT2D eigenvalue weighted by Crippen LogP contribution is -2.35. The van der Waals surface area contributed by atoms with E-state index in [1.165, 1.54) is 0 Å². The van der Waals surface area contributed by atoms with Gasteiger partial charge in [-0.15, -0.1) is 0 Å². The first-order chi connectivity index (χ1) is 6.04. The average molecular weight is 186 g/mol. The third kappa shape index (κ3) is 0.929. The lowest BCUT2D eigenvalue weighted by Gasteiger charge is -2.16. The maximum atomic E-state index is 13.6. The fourth-order valence-electron chi connectivity index (χ4n) is 1.31. The summed E-state index contributed by atoms with van der Waals surface area (Å²) >= 11 is 0. The number of fused-ring (bicyclic) bond motifs is 1. The highest BCUT2D eigenvalue weighted by atomic mass is 19.1. The number of halogens is 2. The second-order valence-corrected chi connectivity index (χ2v) is 2.84. The van der Waals surface area contributed by atoms with Gasteiger partial charge in [0.05, 0.1) is 0 Å². The molecule has 3 nitrogen and oxygen atoms in total. The third-order valence-electron chi connectivity index (χ3n) is 2.02. The van der Waals surface area contributed by atoms with Crippen molar-refractivity contribution in [1.29, 1.82) is 0 Å². The zero-order valence-corrected chi connectivity index (χ0v) is 6.29. The van der Waals surface area contributed by atoms with Gasteiger partial charge in [0.2, 0.25) is 5.67 Å². The van der Waals surface area contributed by atoms with E-state index in [2.05, 4.69) is 4.74 Å². The SMILES string of the molecule is O=C1OC(=O)C2(F)C=CC(F)=CC12. The van der Waals surface area contributed by atoms with E-state index in [1.54, 1.807) is 0 Å². The predicted molar refractivity (Wildman–Crippen MR) is 36.8 cm³/mol. The lowest BCUT2D eigenvalue weighted by molar-refractivity contribution is -0.154. The monoisotopic (exact) mass is 186 g/mol. The van der Waals surface area contributed by atoms with Gasteiger partial charge in [-0.1, -0.05) is 0 Å². The van der Waals surface area contributed by atoms with Crippen molar-refractivity contribution in [3.63, 3.8) is 0 Å². The van der Waals surface area contributed by atoms with Crippen molar-refractivity contribution in [2.45, 2.75) is 5.67 Å². The number of ether oxygens (including phenoxy) is 1. The van der Waals surface area contributed by atoms with Crippen LogP contribution in [0.2, 0.25) is 0 Å². The van der Waals surface area contributed by atoms with Gasteiger partial charge in [-0.25, -0.2) is 13.6 Å². The number of rotatable bonds is 0. The molecule has 2 aliphatic rings. The third-order valence-corrected chi connectivity index (χ3v) is 2.02. The Kier molecular flexibility index (Phi) is 1.40. The Bertz CT molecular complexity index is 358. The molecule has 0 aromatic rings. The van der Waals surface area contributed by atoms with Gasteiger partial charge >= 0.3 is 11.9 Å². The van der Waals surface area contributed by atoms with Crippen molar-refractivity contribution in [3.8, 4) is 0 Å². The van der Waals surface area contributed by atoms with E-state index in [1.807, 2.05) is 0 Å². The number of carbonyl (C=O) groups is 2. The molecular weight excluding hydrogens is 182 g/mol. The van der Waals surface area contributed by atoms with Crippen LogP contribution in [-0.2, 0) is 14.3 Å². The van der Waals surface area contributed by atoms with Gasteiger partial charge in [0.25, 0.3) is 0 Å². The number of esters is 2. The molecule has 0 amide bonds. The molecule has 0 bridgehead atoms. The first kappa shape index (κ1) is 8.10. The Morgan fingerprint density at radius 3 is 2.85 bits per heavy atom. The summed E-state index contributed by atoms with van der Waals surface area (Å²) < 4.78 is 30.2. The molecule has 2 rings (SSSR count). The fraction of sp³-hybridized carbons (Fsp3) is 0.250. The molecule has 0 N–H and O–H groups in total. The average Bonchev–Trinajstić information content (AvgIpc) is 2.28. The second-order valence-electron chi connectivity index (χ2n) is 2.84. The highest BCUT2D eigenvalue weighted by molar-refractivity contribution is 6.04. The molecule has 0 spiro atoms. The van der Waals surface area contributed by atoms with Gasteiger partial charge in [-0.3, -0.25) is 4.79 Å². The zero-order chi connectivity index (χ0) is 9.64. The summed E-state index contributed by atoms with van der Waals surface area (Å²) in [5, 5.41) is 0. The van der Waals surface area contributed by atoms with Gasteiger partial charge < -0.3 is 4.74 Å². The van der Waals surface area contributed by atoms with E-state index in [4.69, 9.17) is 0 Å². The molecule has 1 aliphatic heterocycles. The van der Waals surface area contributed by atoms with Crippen LogP contribution in [0.25, 0.3) is 0 Å². The minimum Gasteiger partial charge on any atom is -0.390 e. The van der Waals surface area contributed by atoms with Crippen LogP contribution >= 0.6 is 0 Å². The van der Waals surface area contributed by atoms with Gasteiger partial charge in [-0.2, -0.15) is 0 Å². The Balaban J connectivity index is 2.49. The standard InChI is InChI=1S/C8H4F2O3/c9-4-1-2-8(10)5(3-4)6(11)13-7(8)12/h1-3,5H. The molecule has 1 fully saturated rings. The summed E-state index contributed by atoms with van der Waals surface area (Å²) in [5.41, 5.74) is -2.51. The maximum absolute atomic E-state index is 13.6. The molecule has 0 saturated carbocycles. The molecule has 1 heterocycles. The van der Waals surface area contributed by atoms with Crippen molar-refractivity contribution in [2.24, 2.45) is 5.92 Å². The summed E-state index contributed by atoms with van der Waals surface area (Å²) in [7, 11) is 0. The number of alkyl halides is 1. The van der Waals surface area contributed by atoms with Crippen LogP contribution in [0, 0.1) is 5.92 Å². The quantitative estimate of drug-likeness (QED) is 0.415. The molecule has 0 aromatic carbocycles. The summed E-state index contributed by atoms with van der Waals surface area (Å²) in [5.74, 6) is -4.54. The highest BCUT2D eigenvalue weighted by Gasteiger charge is 2.57. The fourth-order valence-corrected chi connectivity index (χ4v) is 1.31. The van der Waals surface area contributed by atoms with Crippen LogP contribution in [0.3, 0.4) is 0 Å². The molecule has 5 heteroatoms. The van der Waals surface area contributed by atoms with Crippen LogP contribution in [-0.4, -0.2) is 17.6 Å². The summed E-state index contributed by atoms with van der Waals surface area (Å²) in [6.07, 6.45) is 2.25. The molecule has 1 aliphatic carbocycles. The Morgan fingerprint density at radius 2 is 2.15 bits per heavy atom. The van der Waals surface area contributed by atoms with Gasteiger partial charge in [-0.05, 0) is 18.2 Å². The summed E-state index contributed by atoms with van der Waals surface area (Å²) in [4.78, 5) is 21.7. The number of allylic oxidation sites excluding steroid dienone is 2. The van der Waals surface area contributed by atoms with E-state index < -0.39 is 29.4 Å². The maximum Gasteiger partial charge on any atom is 0.356 e. The molecule has 0 aromatic heterocycles. The van der Waals surface area contributed by atoms with Crippen LogP contribution < -0.4 is 0 Å². The van der Waals surface area contributed by atoms with Crippen LogP contribution in [0.15, 0.2) is 24.1 Å². The lowest BCUT2D eigenvalue weighted by atomic mass is 9.87. The Hall–Kier alpha value is -1.52. The molecule has 13 heavy (non-hydrogen) atoms. The number of cyclic esters (lactones) is 2. The number of carbonyl (C=O) groups excluding carboxylic acids is 2. The highest BCUT2D eigenvalue weighted by Crippen LogP contribution is 2.38. The van der Waals surface area contributed by atoms with Gasteiger partial charge in [0, 0.05) is 0 Å². The Morgan fingerprint density at radius 1 is 1.46 bits per heavy atom. The number of hydrogen-bond acceptors (Lipinski definition) is 3. The smallest absolute Gasteiger partial charge is 0.356 e. The Labute approximate surface area is 71.7 Å². The van der Waals surface area contributed by atoms with E-state index in [-0.39, 0.29) is 0 Å². The second kappa shape index (κ2) is 2.25. The summed E-state index contributed by atoms with van der Waals surface area (Å²) in [6.45, 7) is 0. The van der Waals surface area contributed by atoms with E-state index in [0.29, 0.717) is 6.08 Å². The molecule has 2 atom stereocenters. The molecule has 0 radical (unpaired) electrons. The largest absolute Gasteiger partial charge is 0.390 e. The van der Waals surface area contributed by atoms with Crippen molar-refractivity contribution in [2.75, 3.05) is 0 Å². The molecule has 68 valence electrons. The van der Waals surface area contributed by atoms with Crippen molar-refractivity contribution >= 4 is 11.9 Å². The first-order valence-electron chi connectivity index (χ1n) is 3.55. The normalized spacial score (nSPS) is 37.1.